The van der Waals surface area contributed by atoms with E-state index in [9.17, 15) is 9.90 Å². The number of aliphatic hydroxyl groups is 1. The van der Waals surface area contributed by atoms with Crippen LogP contribution in [0.1, 0.15) is 15.9 Å². The summed E-state index contributed by atoms with van der Waals surface area (Å²) in [5, 5.41) is 18.2. The lowest BCUT2D eigenvalue weighted by Crippen LogP contribution is -2.27. The number of nitrogens with two attached hydrogens (primary N) is 1. The summed E-state index contributed by atoms with van der Waals surface area (Å²) in [6.45, 7) is -0.215. The molecule has 0 saturated heterocycles. The van der Waals surface area contributed by atoms with E-state index in [4.69, 9.17) is 20.3 Å². The van der Waals surface area contributed by atoms with E-state index in [1.54, 1.807) is 12.1 Å². The SMILES string of the molecule is COc1ccc(CC(N)CO)c(C(=O)O)c1OC. The highest BCUT2D eigenvalue weighted by Crippen LogP contribution is 2.33. The van der Waals surface area contributed by atoms with Gasteiger partial charge in [-0.15, -0.1) is 0 Å². The largest absolute Gasteiger partial charge is 0.493 e. The number of carboxylic acid groups (broad SMARTS) is 1. The molecule has 0 aliphatic rings. The van der Waals surface area contributed by atoms with Crippen LogP contribution < -0.4 is 15.2 Å². The molecule has 0 bridgehead atoms. The lowest BCUT2D eigenvalue weighted by atomic mass is 9.99. The topological polar surface area (TPSA) is 102 Å². The molecule has 0 aliphatic carbocycles. The van der Waals surface area contributed by atoms with Crippen LogP contribution in [0.3, 0.4) is 0 Å². The summed E-state index contributed by atoms with van der Waals surface area (Å²) in [5.74, 6) is -0.616. The van der Waals surface area contributed by atoms with Gasteiger partial charge in [0.25, 0.3) is 0 Å². The third-order valence-corrected chi connectivity index (χ3v) is 2.56. The molecule has 0 aromatic heterocycles. The lowest BCUT2D eigenvalue weighted by molar-refractivity contribution is 0.0691. The maximum Gasteiger partial charge on any atom is 0.339 e. The third-order valence-electron chi connectivity index (χ3n) is 2.56. The molecule has 0 radical (unpaired) electrons. The van der Waals surface area contributed by atoms with E-state index in [0.717, 1.165) is 0 Å². The number of ether oxygens (including phenoxy) is 2. The molecule has 1 aromatic carbocycles. The van der Waals surface area contributed by atoms with Gasteiger partial charge in [0.1, 0.15) is 5.56 Å². The van der Waals surface area contributed by atoms with Crippen molar-refractivity contribution in [1.29, 1.82) is 0 Å². The van der Waals surface area contributed by atoms with E-state index in [1.165, 1.54) is 14.2 Å². The molecular formula is C12H17NO5. The Morgan fingerprint density at radius 2 is 2.06 bits per heavy atom. The zero-order valence-electron chi connectivity index (χ0n) is 10.3. The average Bonchev–Trinajstić information content (AvgIpc) is 2.37. The van der Waals surface area contributed by atoms with E-state index < -0.39 is 12.0 Å². The fraction of sp³-hybridized carbons (Fsp3) is 0.417. The highest BCUT2D eigenvalue weighted by Gasteiger charge is 2.21. The van der Waals surface area contributed by atoms with E-state index in [0.29, 0.717) is 11.3 Å². The standard InChI is InChI=1S/C12H17NO5/c1-17-9-4-3-7(5-8(13)6-14)10(12(15)16)11(9)18-2/h3-4,8,14H,5-6,13H2,1-2H3,(H,15,16). The van der Waals surface area contributed by atoms with Crippen LogP contribution in [-0.4, -0.2) is 43.1 Å². The van der Waals surface area contributed by atoms with Gasteiger partial charge in [-0.25, -0.2) is 4.79 Å². The minimum Gasteiger partial charge on any atom is -0.493 e. The van der Waals surface area contributed by atoms with Crippen molar-refractivity contribution in [2.75, 3.05) is 20.8 Å². The molecule has 4 N–H and O–H groups in total. The second kappa shape index (κ2) is 6.23. The van der Waals surface area contributed by atoms with Crippen LogP contribution in [0.4, 0.5) is 0 Å². The van der Waals surface area contributed by atoms with Crippen molar-refractivity contribution in [2.24, 2.45) is 5.73 Å². The summed E-state index contributed by atoms with van der Waals surface area (Å²) in [6.07, 6.45) is 0.248. The Labute approximate surface area is 105 Å². The molecule has 0 saturated carbocycles. The fourth-order valence-electron chi connectivity index (χ4n) is 1.72. The highest BCUT2D eigenvalue weighted by atomic mass is 16.5. The maximum atomic E-state index is 11.3. The Morgan fingerprint density at radius 3 is 2.50 bits per heavy atom. The average molecular weight is 255 g/mol. The Bertz CT molecular complexity index is 433. The second-order valence-corrected chi connectivity index (χ2v) is 3.79. The van der Waals surface area contributed by atoms with Gasteiger partial charge in [0.2, 0.25) is 0 Å². The van der Waals surface area contributed by atoms with Crippen molar-refractivity contribution in [3.8, 4) is 11.5 Å². The predicted molar refractivity (Wildman–Crippen MR) is 65.3 cm³/mol. The number of aromatic carboxylic acids is 1. The molecule has 0 aliphatic heterocycles. The van der Waals surface area contributed by atoms with Gasteiger partial charge in [-0.05, 0) is 18.1 Å². The normalized spacial score (nSPS) is 12.0. The minimum atomic E-state index is -1.12. The lowest BCUT2D eigenvalue weighted by Gasteiger charge is -2.16. The van der Waals surface area contributed by atoms with Gasteiger partial charge in [-0.1, -0.05) is 6.07 Å². The zero-order chi connectivity index (χ0) is 13.7. The highest BCUT2D eigenvalue weighted by molar-refractivity contribution is 5.94. The van der Waals surface area contributed by atoms with Crippen LogP contribution in [-0.2, 0) is 6.42 Å². The van der Waals surface area contributed by atoms with Crippen molar-refractivity contribution in [3.63, 3.8) is 0 Å². The molecule has 1 atom stereocenters. The van der Waals surface area contributed by atoms with Crippen LogP contribution in [0, 0.1) is 0 Å². The minimum absolute atomic E-state index is 0.0146. The summed E-state index contributed by atoms with van der Waals surface area (Å²) < 4.78 is 10.1. The number of rotatable bonds is 6. The molecule has 100 valence electrons. The van der Waals surface area contributed by atoms with Gasteiger partial charge in [0.05, 0.1) is 20.8 Å². The van der Waals surface area contributed by atoms with Gasteiger partial charge < -0.3 is 25.4 Å². The molecule has 1 rings (SSSR count). The first kappa shape index (κ1) is 14.3. The molecule has 0 amide bonds. The van der Waals surface area contributed by atoms with Crippen LogP contribution in [0.15, 0.2) is 12.1 Å². The second-order valence-electron chi connectivity index (χ2n) is 3.79. The van der Waals surface area contributed by atoms with Crippen LogP contribution in [0.25, 0.3) is 0 Å². The van der Waals surface area contributed by atoms with Crippen LogP contribution >= 0.6 is 0 Å². The molecule has 0 heterocycles. The number of hydrogen-bond acceptors (Lipinski definition) is 5. The first-order valence-electron chi connectivity index (χ1n) is 5.38. The summed E-state index contributed by atoms with van der Waals surface area (Å²) in [4.78, 5) is 11.3. The van der Waals surface area contributed by atoms with E-state index in [2.05, 4.69) is 0 Å². The zero-order valence-corrected chi connectivity index (χ0v) is 10.3. The quantitative estimate of drug-likeness (QED) is 0.674. The summed E-state index contributed by atoms with van der Waals surface area (Å²) >= 11 is 0. The Balaban J connectivity index is 3.30. The predicted octanol–water partition coefficient (Wildman–Crippen LogP) is 0.264. The number of carbonyl (C=O) groups is 1. The molecular weight excluding hydrogens is 238 g/mol. The molecule has 1 unspecified atom stereocenters. The van der Waals surface area contributed by atoms with Gasteiger partial charge in [-0.3, -0.25) is 0 Å². The maximum absolute atomic E-state index is 11.3. The molecule has 0 fully saturated rings. The van der Waals surface area contributed by atoms with Gasteiger partial charge in [0, 0.05) is 6.04 Å². The van der Waals surface area contributed by atoms with Crippen molar-refractivity contribution >= 4 is 5.97 Å². The third kappa shape index (κ3) is 2.91. The number of methoxy groups -OCH3 is 2. The fourth-order valence-corrected chi connectivity index (χ4v) is 1.72. The number of aliphatic hydroxyl groups excluding tert-OH is 1. The number of benzene rings is 1. The molecule has 6 heteroatoms. The van der Waals surface area contributed by atoms with Gasteiger partial charge in [0.15, 0.2) is 11.5 Å². The monoisotopic (exact) mass is 255 g/mol. The first-order valence-corrected chi connectivity index (χ1v) is 5.38. The van der Waals surface area contributed by atoms with E-state index in [-0.39, 0.29) is 24.3 Å². The number of carboxylic acids is 1. The Hall–Kier alpha value is -1.79. The van der Waals surface area contributed by atoms with Crippen LogP contribution in [0.2, 0.25) is 0 Å². The van der Waals surface area contributed by atoms with Crippen molar-refractivity contribution in [1.82, 2.24) is 0 Å². The van der Waals surface area contributed by atoms with E-state index >= 15 is 0 Å². The van der Waals surface area contributed by atoms with Crippen LogP contribution in [0.5, 0.6) is 11.5 Å². The van der Waals surface area contributed by atoms with Crippen molar-refractivity contribution < 1.29 is 24.5 Å². The molecule has 0 spiro atoms. The molecule has 6 nitrogen and oxygen atoms in total. The summed E-state index contributed by atoms with van der Waals surface area (Å²) in [6, 6.07) is 2.71. The molecule has 1 aromatic rings. The smallest absolute Gasteiger partial charge is 0.339 e. The van der Waals surface area contributed by atoms with Crippen molar-refractivity contribution in [2.45, 2.75) is 12.5 Å². The first-order chi connectivity index (χ1) is 8.54. The van der Waals surface area contributed by atoms with Gasteiger partial charge in [-0.2, -0.15) is 0 Å². The Kier molecular flexibility index (Phi) is 4.94. The van der Waals surface area contributed by atoms with E-state index in [1.807, 2.05) is 0 Å². The Morgan fingerprint density at radius 1 is 1.39 bits per heavy atom. The van der Waals surface area contributed by atoms with Gasteiger partial charge >= 0.3 is 5.97 Å². The summed E-state index contributed by atoms with van der Waals surface area (Å²) in [7, 11) is 2.81. The summed E-state index contributed by atoms with van der Waals surface area (Å²) in [5.41, 5.74) is 6.14. The molecule has 18 heavy (non-hydrogen) atoms. The van der Waals surface area contributed by atoms with Crippen molar-refractivity contribution in [3.05, 3.63) is 23.3 Å². The number of hydrogen-bond donors (Lipinski definition) is 3.